The Bertz CT molecular complexity index is 328. The molecule has 14 heavy (non-hydrogen) atoms. The number of hydrogen-bond acceptors (Lipinski definition) is 2. The van der Waals surface area contributed by atoms with E-state index in [0.717, 1.165) is 4.90 Å². The normalized spacial score (nSPS) is 19.1. The summed E-state index contributed by atoms with van der Waals surface area (Å²) in [7, 11) is 0. The minimum absolute atomic E-state index is 0.0308. The van der Waals surface area contributed by atoms with E-state index < -0.39 is 19.0 Å². The third kappa shape index (κ3) is 1.73. The maximum atomic E-state index is 12.4. The van der Waals surface area contributed by atoms with Crippen molar-refractivity contribution in [1.29, 1.82) is 0 Å². The SMILES string of the molecule is O=C(Cn1cccn1)N1CC(F)(F)C1. The van der Waals surface area contributed by atoms with Gasteiger partial charge in [0.15, 0.2) is 0 Å². The molecule has 1 fully saturated rings. The van der Waals surface area contributed by atoms with Crippen LogP contribution in [0.5, 0.6) is 0 Å². The van der Waals surface area contributed by atoms with Crippen molar-refractivity contribution in [1.82, 2.24) is 14.7 Å². The zero-order valence-electron chi connectivity index (χ0n) is 7.36. The molecule has 0 N–H and O–H groups in total. The highest BCUT2D eigenvalue weighted by molar-refractivity contribution is 5.77. The van der Waals surface area contributed by atoms with Crippen molar-refractivity contribution in [2.24, 2.45) is 0 Å². The van der Waals surface area contributed by atoms with Crippen LogP contribution < -0.4 is 0 Å². The number of likely N-dealkylation sites (tertiary alicyclic amines) is 1. The fourth-order valence-electron chi connectivity index (χ4n) is 1.32. The lowest BCUT2D eigenvalue weighted by Gasteiger charge is -2.38. The molecule has 76 valence electrons. The van der Waals surface area contributed by atoms with Gasteiger partial charge >= 0.3 is 0 Å². The second-order valence-electron chi connectivity index (χ2n) is 3.31. The molecule has 1 aromatic heterocycles. The molecule has 4 nitrogen and oxygen atoms in total. The van der Waals surface area contributed by atoms with Crippen LogP contribution in [0.1, 0.15) is 0 Å². The van der Waals surface area contributed by atoms with Gasteiger partial charge in [0.25, 0.3) is 5.92 Å². The first kappa shape index (κ1) is 9.11. The van der Waals surface area contributed by atoms with Gasteiger partial charge in [-0.15, -0.1) is 0 Å². The predicted molar refractivity (Wildman–Crippen MR) is 43.8 cm³/mol. The average Bonchev–Trinajstić information content (AvgIpc) is 2.52. The van der Waals surface area contributed by atoms with E-state index in [4.69, 9.17) is 0 Å². The minimum atomic E-state index is -2.69. The van der Waals surface area contributed by atoms with E-state index in [1.807, 2.05) is 0 Å². The van der Waals surface area contributed by atoms with Crippen molar-refractivity contribution in [2.45, 2.75) is 12.5 Å². The molecule has 0 unspecified atom stereocenters. The number of aromatic nitrogens is 2. The summed E-state index contributed by atoms with van der Waals surface area (Å²) in [6.45, 7) is -0.900. The van der Waals surface area contributed by atoms with Gasteiger partial charge in [0.05, 0.1) is 13.1 Å². The summed E-state index contributed by atoms with van der Waals surface area (Å²) in [6, 6.07) is 1.68. The zero-order valence-corrected chi connectivity index (χ0v) is 7.36. The molecular weight excluding hydrogens is 192 g/mol. The smallest absolute Gasteiger partial charge is 0.282 e. The first-order valence-corrected chi connectivity index (χ1v) is 4.20. The van der Waals surface area contributed by atoms with Crippen LogP contribution in [0.2, 0.25) is 0 Å². The van der Waals surface area contributed by atoms with Crippen LogP contribution in [-0.4, -0.2) is 39.6 Å². The molecule has 0 spiro atoms. The van der Waals surface area contributed by atoms with Gasteiger partial charge in [-0.3, -0.25) is 9.48 Å². The van der Waals surface area contributed by atoms with Crippen molar-refractivity contribution in [2.75, 3.05) is 13.1 Å². The van der Waals surface area contributed by atoms with Gasteiger partial charge in [0.2, 0.25) is 5.91 Å². The maximum Gasteiger partial charge on any atom is 0.282 e. The Kier molecular flexibility index (Phi) is 1.98. The highest BCUT2D eigenvalue weighted by Gasteiger charge is 2.46. The molecule has 0 radical (unpaired) electrons. The molecule has 2 rings (SSSR count). The topological polar surface area (TPSA) is 38.1 Å². The number of alkyl halides is 2. The van der Waals surface area contributed by atoms with E-state index in [-0.39, 0.29) is 12.5 Å². The second-order valence-corrected chi connectivity index (χ2v) is 3.31. The van der Waals surface area contributed by atoms with E-state index in [0.29, 0.717) is 0 Å². The van der Waals surface area contributed by atoms with Crippen molar-refractivity contribution >= 4 is 5.91 Å². The molecular formula is C8H9F2N3O. The molecule has 0 bridgehead atoms. The van der Waals surface area contributed by atoms with Crippen molar-refractivity contribution in [3.8, 4) is 0 Å². The van der Waals surface area contributed by atoms with Gasteiger partial charge in [-0.2, -0.15) is 5.10 Å². The molecule has 0 aliphatic carbocycles. The quantitative estimate of drug-likeness (QED) is 0.693. The summed E-state index contributed by atoms with van der Waals surface area (Å²) >= 11 is 0. The Morgan fingerprint density at radius 3 is 2.71 bits per heavy atom. The largest absolute Gasteiger partial charge is 0.329 e. The molecule has 1 aliphatic rings. The number of halogens is 2. The van der Waals surface area contributed by atoms with Crippen molar-refractivity contribution in [3.05, 3.63) is 18.5 Å². The summed E-state index contributed by atoms with van der Waals surface area (Å²) in [6.07, 6.45) is 3.16. The highest BCUT2D eigenvalue weighted by atomic mass is 19.3. The maximum absolute atomic E-state index is 12.4. The Balaban J connectivity index is 1.86. The van der Waals surface area contributed by atoms with E-state index in [2.05, 4.69) is 5.10 Å². The number of carbonyl (C=O) groups is 1. The summed E-state index contributed by atoms with van der Waals surface area (Å²) in [4.78, 5) is 12.4. The zero-order chi connectivity index (χ0) is 10.2. The van der Waals surface area contributed by atoms with Gasteiger partial charge in [0, 0.05) is 12.4 Å². The summed E-state index contributed by atoms with van der Waals surface area (Å²) in [5.41, 5.74) is 0. The molecule has 0 atom stereocenters. The molecule has 1 aromatic rings. The van der Waals surface area contributed by atoms with Gasteiger partial charge in [0.1, 0.15) is 6.54 Å². The van der Waals surface area contributed by atoms with E-state index in [1.165, 1.54) is 10.9 Å². The second kappa shape index (κ2) is 3.04. The van der Waals surface area contributed by atoms with E-state index >= 15 is 0 Å². The van der Waals surface area contributed by atoms with Gasteiger partial charge in [-0.1, -0.05) is 0 Å². The minimum Gasteiger partial charge on any atom is -0.329 e. The lowest BCUT2D eigenvalue weighted by molar-refractivity contribution is -0.166. The Labute approximate surface area is 79.1 Å². The van der Waals surface area contributed by atoms with Crippen LogP contribution in [0.15, 0.2) is 18.5 Å². The number of nitrogens with zero attached hydrogens (tertiary/aromatic N) is 3. The molecule has 1 aliphatic heterocycles. The fourth-order valence-corrected chi connectivity index (χ4v) is 1.32. The lowest BCUT2D eigenvalue weighted by Crippen LogP contribution is -2.59. The average molecular weight is 201 g/mol. The summed E-state index contributed by atoms with van der Waals surface area (Å²) < 4.78 is 26.2. The first-order valence-electron chi connectivity index (χ1n) is 4.20. The fraction of sp³-hybridized carbons (Fsp3) is 0.500. The first-order chi connectivity index (χ1) is 6.57. The Morgan fingerprint density at radius 1 is 1.50 bits per heavy atom. The van der Waals surface area contributed by atoms with Gasteiger partial charge < -0.3 is 4.90 Å². The van der Waals surface area contributed by atoms with Crippen LogP contribution >= 0.6 is 0 Å². The Morgan fingerprint density at radius 2 is 2.21 bits per heavy atom. The Hall–Kier alpha value is -1.46. The van der Waals surface area contributed by atoms with Gasteiger partial charge in [-0.05, 0) is 6.07 Å². The predicted octanol–water partition coefficient (Wildman–Crippen LogP) is 0.361. The molecule has 1 saturated heterocycles. The third-order valence-corrected chi connectivity index (χ3v) is 2.05. The van der Waals surface area contributed by atoms with Crippen LogP contribution in [0.4, 0.5) is 8.78 Å². The standard InChI is InChI=1S/C8H9F2N3O/c9-8(10)5-12(6-8)7(14)4-13-3-1-2-11-13/h1-3H,4-6H2. The summed E-state index contributed by atoms with van der Waals surface area (Å²) in [5.74, 6) is -3.01. The van der Waals surface area contributed by atoms with Crippen LogP contribution in [0, 0.1) is 0 Å². The highest BCUT2D eigenvalue weighted by Crippen LogP contribution is 2.26. The van der Waals surface area contributed by atoms with Gasteiger partial charge in [-0.25, -0.2) is 8.78 Å². The van der Waals surface area contributed by atoms with Crippen LogP contribution in [-0.2, 0) is 11.3 Å². The molecule has 0 aromatic carbocycles. The van der Waals surface area contributed by atoms with Crippen molar-refractivity contribution in [3.63, 3.8) is 0 Å². The molecule has 2 heterocycles. The number of rotatable bonds is 2. The van der Waals surface area contributed by atoms with Crippen LogP contribution in [0.3, 0.4) is 0 Å². The van der Waals surface area contributed by atoms with Crippen molar-refractivity contribution < 1.29 is 13.6 Å². The monoisotopic (exact) mass is 201 g/mol. The molecule has 0 saturated carbocycles. The number of amides is 1. The van der Waals surface area contributed by atoms with E-state index in [9.17, 15) is 13.6 Å². The van der Waals surface area contributed by atoms with Crippen LogP contribution in [0.25, 0.3) is 0 Å². The number of carbonyl (C=O) groups excluding carboxylic acids is 1. The summed E-state index contributed by atoms with van der Waals surface area (Å²) in [5, 5.41) is 3.82. The molecule has 1 amide bonds. The van der Waals surface area contributed by atoms with E-state index in [1.54, 1.807) is 12.3 Å². The molecule has 6 heteroatoms. The third-order valence-electron chi connectivity index (χ3n) is 2.05. The number of hydrogen-bond donors (Lipinski definition) is 0. The lowest BCUT2D eigenvalue weighted by atomic mass is 10.1.